The first-order chi connectivity index (χ1) is 12.1. The molecule has 0 saturated heterocycles. The van der Waals surface area contributed by atoms with Crippen LogP contribution in [0.3, 0.4) is 0 Å². The fraction of sp³-hybridized carbons (Fsp3) is 0.250. The second-order valence-electron chi connectivity index (χ2n) is 7.25. The van der Waals surface area contributed by atoms with Crippen molar-refractivity contribution in [3.8, 4) is 0 Å². The van der Waals surface area contributed by atoms with Crippen molar-refractivity contribution in [3.05, 3.63) is 106 Å². The molecular formula is C24H24O. The molecule has 3 aromatic carbocycles. The number of benzene rings is 3. The van der Waals surface area contributed by atoms with E-state index < -0.39 is 5.60 Å². The van der Waals surface area contributed by atoms with Crippen LogP contribution in [0, 0.1) is 0 Å². The lowest BCUT2D eigenvalue weighted by molar-refractivity contribution is 0.101. The Morgan fingerprint density at radius 3 is 1.92 bits per heavy atom. The van der Waals surface area contributed by atoms with Crippen molar-refractivity contribution < 1.29 is 5.11 Å². The van der Waals surface area contributed by atoms with Crippen molar-refractivity contribution >= 4 is 0 Å². The van der Waals surface area contributed by atoms with Crippen LogP contribution in [0.5, 0.6) is 0 Å². The summed E-state index contributed by atoms with van der Waals surface area (Å²) in [7, 11) is 0. The van der Waals surface area contributed by atoms with Crippen LogP contribution >= 0.6 is 0 Å². The summed E-state index contributed by atoms with van der Waals surface area (Å²) in [6.07, 6.45) is 3.97. The first kappa shape index (κ1) is 16.1. The van der Waals surface area contributed by atoms with Crippen LogP contribution in [0.1, 0.15) is 40.3 Å². The van der Waals surface area contributed by atoms with E-state index in [-0.39, 0.29) is 0 Å². The molecule has 0 aliphatic heterocycles. The van der Waals surface area contributed by atoms with Gasteiger partial charge < -0.3 is 5.11 Å². The zero-order valence-electron chi connectivity index (χ0n) is 14.7. The Kier molecular flexibility index (Phi) is 4.19. The minimum absolute atomic E-state index is 0.942. The van der Waals surface area contributed by atoms with Gasteiger partial charge in [-0.2, -0.15) is 0 Å². The Labute approximate surface area is 150 Å². The Hall–Kier alpha value is -2.38. The van der Waals surface area contributed by atoms with Crippen LogP contribution in [0.4, 0.5) is 0 Å². The molecule has 0 spiro atoms. The molecule has 7 rings (SSSR count). The van der Waals surface area contributed by atoms with E-state index in [1.807, 2.05) is 37.3 Å². The second kappa shape index (κ2) is 6.50. The summed E-state index contributed by atoms with van der Waals surface area (Å²) in [6, 6.07) is 25.7. The molecule has 0 saturated carbocycles. The summed E-state index contributed by atoms with van der Waals surface area (Å²) in [4.78, 5) is 0. The summed E-state index contributed by atoms with van der Waals surface area (Å²) in [6.45, 7) is 1.92. The van der Waals surface area contributed by atoms with E-state index in [9.17, 15) is 5.11 Å². The predicted molar refractivity (Wildman–Crippen MR) is 103 cm³/mol. The van der Waals surface area contributed by atoms with Gasteiger partial charge in [-0.05, 0) is 66.0 Å². The van der Waals surface area contributed by atoms with Crippen molar-refractivity contribution in [2.24, 2.45) is 0 Å². The normalized spacial score (nSPS) is 16.1. The van der Waals surface area contributed by atoms with Crippen molar-refractivity contribution in [1.29, 1.82) is 0 Å². The molecule has 25 heavy (non-hydrogen) atoms. The molecule has 0 fully saturated rings. The molecule has 0 radical (unpaired) electrons. The highest BCUT2D eigenvalue weighted by molar-refractivity contribution is 5.43. The minimum Gasteiger partial charge on any atom is -0.381 e. The van der Waals surface area contributed by atoms with Crippen LogP contribution < -0.4 is 0 Å². The molecule has 0 amide bonds. The molecule has 0 aromatic heterocycles. The summed E-state index contributed by atoms with van der Waals surface area (Å²) in [5.74, 6) is 0. The van der Waals surface area contributed by atoms with Crippen LogP contribution in [-0.4, -0.2) is 5.11 Å². The Morgan fingerprint density at radius 1 is 0.680 bits per heavy atom. The fourth-order valence-corrected chi connectivity index (χ4v) is 3.81. The van der Waals surface area contributed by atoms with Gasteiger partial charge in [0.2, 0.25) is 0 Å². The molecule has 4 bridgehead atoms. The molecule has 4 aliphatic rings. The highest BCUT2D eigenvalue weighted by Crippen LogP contribution is 2.33. The van der Waals surface area contributed by atoms with Crippen LogP contribution in [0.15, 0.2) is 72.8 Å². The van der Waals surface area contributed by atoms with E-state index in [4.69, 9.17) is 0 Å². The molecule has 1 atom stereocenters. The molecule has 4 aliphatic carbocycles. The summed E-state index contributed by atoms with van der Waals surface area (Å²) in [5, 5.41) is 11.4. The van der Waals surface area contributed by atoms with Crippen LogP contribution in [0.2, 0.25) is 0 Å². The maximum atomic E-state index is 11.4. The van der Waals surface area contributed by atoms with Crippen molar-refractivity contribution in [1.82, 2.24) is 0 Å². The number of rotatable bonds is 2. The molecular weight excluding hydrogens is 304 g/mol. The van der Waals surface area contributed by atoms with Gasteiger partial charge in [0, 0.05) is 0 Å². The smallest absolute Gasteiger partial charge is 0.112 e. The van der Waals surface area contributed by atoms with E-state index in [0.29, 0.717) is 0 Å². The third-order valence-corrected chi connectivity index (χ3v) is 5.44. The minimum atomic E-state index is -0.973. The SMILES string of the molecule is C[C@@](O)(c1ccccc1)c1cc2ccc1CCc1ccc(cc1)CC2. The number of hydrogen-bond donors (Lipinski definition) is 1. The van der Waals surface area contributed by atoms with E-state index in [2.05, 4.69) is 42.5 Å². The van der Waals surface area contributed by atoms with Gasteiger partial charge in [0.25, 0.3) is 0 Å². The summed E-state index contributed by atoms with van der Waals surface area (Å²) in [5.41, 5.74) is 6.29. The quantitative estimate of drug-likeness (QED) is 0.714. The lowest BCUT2D eigenvalue weighted by atomic mass is 9.82. The largest absolute Gasteiger partial charge is 0.381 e. The maximum absolute atomic E-state index is 11.4. The van der Waals surface area contributed by atoms with Gasteiger partial charge in [0.15, 0.2) is 0 Å². The first-order valence-electron chi connectivity index (χ1n) is 9.11. The number of hydrogen-bond acceptors (Lipinski definition) is 1. The molecule has 1 nitrogen and oxygen atoms in total. The number of aliphatic hydroxyl groups is 1. The van der Waals surface area contributed by atoms with Crippen molar-refractivity contribution in [2.45, 2.75) is 38.2 Å². The zero-order valence-corrected chi connectivity index (χ0v) is 14.7. The van der Waals surface area contributed by atoms with E-state index >= 15 is 0 Å². The average Bonchev–Trinajstić information content (AvgIpc) is 2.64. The third-order valence-electron chi connectivity index (χ3n) is 5.44. The second-order valence-corrected chi connectivity index (χ2v) is 7.25. The molecule has 0 heterocycles. The van der Waals surface area contributed by atoms with Crippen molar-refractivity contribution in [2.75, 3.05) is 0 Å². The maximum Gasteiger partial charge on any atom is 0.112 e. The van der Waals surface area contributed by atoms with E-state index in [0.717, 1.165) is 36.8 Å². The van der Waals surface area contributed by atoms with Gasteiger partial charge in [-0.1, -0.05) is 72.8 Å². The van der Waals surface area contributed by atoms with Gasteiger partial charge in [0.05, 0.1) is 0 Å². The Bertz CT molecular complexity index is 860. The molecule has 0 unspecified atom stereocenters. The van der Waals surface area contributed by atoms with E-state index in [1.54, 1.807) is 0 Å². The molecule has 126 valence electrons. The standard InChI is InChI=1S/C24H24O/c1-24(25,22-5-3-2-4-6-22)23-17-20-12-11-18-7-9-19(10-8-18)13-15-21(23)16-14-20/h2-10,14,16-17,25H,11-13,15H2,1H3/t24-/m1/s1. The molecule has 1 heteroatoms. The zero-order chi connectivity index (χ0) is 17.3. The molecule has 3 aromatic rings. The summed E-state index contributed by atoms with van der Waals surface area (Å²) >= 11 is 0. The van der Waals surface area contributed by atoms with Gasteiger partial charge in [-0.25, -0.2) is 0 Å². The molecule has 1 N–H and O–H groups in total. The monoisotopic (exact) mass is 328 g/mol. The van der Waals surface area contributed by atoms with Crippen molar-refractivity contribution in [3.63, 3.8) is 0 Å². The van der Waals surface area contributed by atoms with Gasteiger partial charge in [-0.15, -0.1) is 0 Å². The lowest BCUT2D eigenvalue weighted by Crippen LogP contribution is -2.25. The highest BCUT2D eigenvalue weighted by atomic mass is 16.3. The highest BCUT2D eigenvalue weighted by Gasteiger charge is 2.28. The Balaban J connectivity index is 1.79. The Morgan fingerprint density at radius 2 is 1.24 bits per heavy atom. The predicted octanol–water partition coefficient (Wildman–Crippen LogP) is 4.83. The summed E-state index contributed by atoms with van der Waals surface area (Å²) < 4.78 is 0. The fourth-order valence-electron chi connectivity index (χ4n) is 3.81. The third kappa shape index (κ3) is 3.25. The average molecular weight is 328 g/mol. The first-order valence-corrected chi connectivity index (χ1v) is 9.11. The van der Waals surface area contributed by atoms with Crippen LogP contribution in [-0.2, 0) is 31.3 Å². The topological polar surface area (TPSA) is 20.2 Å². The van der Waals surface area contributed by atoms with E-state index in [1.165, 1.54) is 22.3 Å². The van der Waals surface area contributed by atoms with Crippen LogP contribution in [0.25, 0.3) is 0 Å². The van der Waals surface area contributed by atoms with Gasteiger partial charge >= 0.3 is 0 Å². The van der Waals surface area contributed by atoms with Gasteiger partial charge in [0.1, 0.15) is 5.60 Å². The lowest BCUT2D eigenvalue weighted by Gasteiger charge is -2.28. The van der Waals surface area contributed by atoms with Gasteiger partial charge in [-0.3, -0.25) is 0 Å². The number of aryl methyl sites for hydroxylation is 4.